The van der Waals surface area contributed by atoms with Crippen LogP contribution < -0.4 is 9.47 Å². The summed E-state index contributed by atoms with van der Waals surface area (Å²) in [5.41, 5.74) is 4.53. The number of nitrogens with zero attached hydrogens (tertiary/aromatic N) is 2. The molecule has 38 heavy (non-hydrogen) atoms. The number of aromatic amines is 1. The third-order valence-corrected chi connectivity index (χ3v) is 7.66. The molecule has 1 unspecified atom stereocenters. The van der Waals surface area contributed by atoms with Gasteiger partial charge in [-0.3, -0.25) is 9.59 Å². The summed E-state index contributed by atoms with van der Waals surface area (Å²) in [5.74, 6) is 0.726. The lowest BCUT2D eigenvalue weighted by molar-refractivity contribution is -0.158. The summed E-state index contributed by atoms with van der Waals surface area (Å²) in [6, 6.07) is 18.5. The molecule has 2 amide bonds. The molecule has 3 aromatic carbocycles. The topological polar surface area (TPSA) is 74.9 Å². The first kappa shape index (κ1) is 24.0. The molecule has 3 heterocycles. The second-order valence-electron chi connectivity index (χ2n) is 9.73. The molecule has 1 N–H and O–H groups in total. The predicted octanol–water partition coefficient (Wildman–Crippen LogP) is 4.25. The Morgan fingerprint density at radius 2 is 1.79 bits per heavy atom. The Labute approximate surface area is 219 Å². The lowest BCUT2D eigenvalue weighted by Gasteiger charge is -2.47. The van der Waals surface area contributed by atoms with Crippen LogP contribution in [-0.4, -0.2) is 59.9 Å². The highest BCUT2D eigenvalue weighted by Gasteiger charge is 2.48. The maximum atomic E-state index is 13.9. The predicted molar refractivity (Wildman–Crippen MR) is 141 cm³/mol. The lowest BCUT2D eigenvalue weighted by Crippen LogP contribution is -2.63. The van der Waals surface area contributed by atoms with E-state index in [-0.39, 0.29) is 24.2 Å². The van der Waals surface area contributed by atoms with Crippen LogP contribution in [0.25, 0.3) is 10.9 Å². The molecule has 2 atom stereocenters. The summed E-state index contributed by atoms with van der Waals surface area (Å²) in [6.45, 7) is 0.364. The van der Waals surface area contributed by atoms with Gasteiger partial charge in [-0.05, 0) is 53.9 Å². The average molecular weight is 514 g/mol. The van der Waals surface area contributed by atoms with E-state index in [9.17, 15) is 14.0 Å². The maximum Gasteiger partial charge on any atom is 0.246 e. The average Bonchev–Trinajstić information content (AvgIpc) is 3.32. The number of methoxy groups -OCH3 is 2. The summed E-state index contributed by atoms with van der Waals surface area (Å²) in [4.78, 5) is 34.6. The van der Waals surface area contributed by atoms with Gasteiger partial charge in [0.25, 0.3) is 0 Å². The van der Waals surface area contributed by atoms with Crippen LogP contribution in [0.3, 0.4) is 0 Å². The Hall–Kier alpha value is -4.33. The molecular weight excluding hydrogens is 485 g/mol. The number of aromatic nitrogens is 1. The van der Waals surface area contributed by atoms with Crippen molar-refractivity contribution in [2.75, 3.05) is 27.3 Å². The number of carbonyl (C=O) groups excluding carboxylic acids is 2. The van der Waals surface area contributed by atoms with Crippen molar-refractivity contribution < 1.29 is 23.5 Å². The highest BCUT2D eigenvalue weighted by Crippen LogP contribution is 2.45. The smallest absolute Gasteiger partial charge is 0.246 e. The fraction of sp³-hybridized carbons (Fsp3) is 0.267. The molecule has 0 saturated carbocycles. The monoisotopic (exact) mass is 513 g/mol. The molecule has 4 aromatic rings. The molecule has 6 rings (SSSR count). The standard InChI is InChI=1S/C30H28FN3O4/c1-37-20-11-12-26(38-2)23(15-20)29-28-22(21-5-3-4-6-24(21)32-28)16-25-30(36)33(17-27(35)34(25)29)14-13-18-7-9-19(31)10-8-18/h3-12,15,25,29,32H,13-14,16-17H2,1-2H3/t25-,29?/m0/s1. The molecule has 1 saturated heterocycles. The number of amides is 2. The molecule has 0 aliphatic carbocycles. The lowest BCUT2D eigenvalue weighted by atomic mass is 9.85. The Morgan fingerprint density at radius 3 is 2.55 bits per heavy atom. The van der Waals surface area contributed by atoms with E-state index in [2.05, 4.69) is 4.98 Å². The number of hydrogen-bond donors (Lipinski definition) is 1. The van der Waals surface area contributed by atoms with Gasteiger partial charge in [-0.2, -0.15) is 0 Å². The van der Waals surface area contributed by atoms with Crippen LogP contribution in [0, 0.1) is 5.82 Å². The van der Waals surface area contributed by atoms with E-state index in [1.54, 1.807) is 36.2 Å². The first-order valence-corrected chi connectivity index (χ1v) is 12.6. The van der Waals surface area contributed by atoms with Crippen molar-refractivity contribution in [1.82, 2.24) is 14.8 Å². The van der Waals surface area contributed by atoms with Gasteiger partial charge in [-0.15, -0.1) is 0 Å². The second kappa shape index (κ2) is 9.52. The number of H-pyrrole nitrogens is 1. The highest BCUT2D eigenvalue weighted by atomic mass is 19.1. The van der Waals surface area contributed by atoms with Gasteiger partial charge in [0.1, 0.15) is 29.4 Å². The van der Waals surface area contributed by atoms with Gasteiger partial charge in [0.15, 0.2) is 0 Å². The van der Waals surface area contributed by atoms with Crippen LogP contribution in [0.2, 0.25) is 0 Å². The molecule has 1 fully saturated rings. The molecule has 8 heteroatoms. The van der Waals surface area contributed by atoms with Gasteiger partial charge in [-0.25, -0.2) is 4.39 Å². The molecule has 0 bridgehead atoms. The van der Waals surface area contributed by atoms with E-state index < -0.39 is 12.1 Å². The van der Waals surface area contributed by atoms with Crippen molar-refractivity contribution in [3.05, 3.63) is 94.9 Å². The SMILES string of the molecule is COc1ccc(OC)c(C2c3[nH]c4ccccc4c3C[C@H]3C(=O)N(CCc4ccc(F)cc4)CC(=O)N23)c1. The molecule has 1 aromatic heterocycles. The fourth-order valence-electron chi connectivity index (χ4n) is 5.81. The van der Waals surface area contributed by atoms with Crippen LogP contribution in [0.4, 0.5) is 4.39 Å². The first-order valence-electron chi connectivity index (χ1n) is 12.6. The highest BCUT2D eigenvalue weighted by molar-refractivity contribution is 5.97. The fourth-order valence-corrected chi connectivity index (χ4v) is 5.81. The number of carbonyl (C=O) groups is 2. The van der Waals surface area contributed by atoms with Gasteiger partial charge in [-0.1, -0.05) is 30.3 Å². The summed E-state index contributed by atoms with van der Waals surface area (Å²) < 4.78 is 24.6. The van der Waals surface area contributed by atoms with Gasteiger partial charge < -0.3 is 24.3 Å². The van der Waals surface area contributed by atoms with Crippen molar-refractivity contribution in [2.45, 2.75) is 24.9 Å². The van der Waals surface area contributed by atoms with E-state index in [0.717, 1.165) is 33.3 Å². The number of fused-ring (bicyclic) bond motifs is 4. The quantitative estimate of drug-likeness (QED) is 0.418. The van der Waals surface area contributed by atoms with E-state index in [1.165, 1.54) is 12.1 Å². The Balaban J connectivity index is 1.42. The van der Waals surface area contributed by atoms with Gasteiger partial charge in [0, 0.05) is 35.1 Å². The molecular formula is C30H28FN3O4. The molecule has 2 aliphatic rings. The number of para-hydroxylation sites is 1. The minimum atomic E-state index is -0.655. The summed E-state index contributed by atoms with van der Waals surface area (Å²) in [6.07, 6.45) is 0.956. The Kier molecular flexibility index (Phi) is 6.02. The van der Waals surface area contributed by atoms with Gasteiger partial charge in [0.2, 0.25) is 11.8 Å². The minimum Gasteiger partial charge on any atom is -0.497 e. The van der Waals surface area contributed by atoms with E-state index in [4.69, 9.17) is 9.47 Å². The number of halogens is 1. The maximum absolute atomic E-state index is 13.9. The first-order chi connectivity index (χ1) is 18.5. The Bertz CT molecular complexity index is 1530. The van der Waals surface area contributed by atoms with Crippen molar-refractivity contribution in [3.8, 4) is 11.5 Å². The Morgan fingerprint density at radius 1 is 1.00 bits per heavy atom. The zero-order chi connectivity index (χ0) is 26.4. The zero-order valence-electron chi connectivity index (χ0n) is 21.2. The number of rotatable bonds is 6. The van der Waals surface area contributed by atoms with Crippen LogP contribution in [0.15, 0.2) is 66.7 Å². The van der Waals surface area contributed by atoms with Crippen molar-refractivity contribution in [2.24, 2.45) is 0 Å². The number of benzene rings is 3. The number of nitrogens with one attached hydrogen (secondary N) is 1. The third-order valence-electron chi connectivity index (χ3n) is 7.66. The molecule has 0 radical (unpaired) electrons. The number of hydrogen-bond acceptors (Lipinski definition) is 4. The summed E-state index contributed by atoms with van der Waals surface area (Å²) >= 11 is 0. The molecule has 0 spiro atoms. The normalized spacial score (nSPS) is 18.9. The van der Waals surface area contributed by atoms with Crippen LogP contribution in [0.5, 0.6) is 11.5 Å². The van der Waals surface area contributed by atoms with Gasteiger partial charge >= 0.3 is 0 Å². The van der Waals surface area contributed by atoms with Crippen molar-refractivity contribution in [3.63, 3.8) is 0 Å². The summed E-state index contributed by atoms with van der Waals surface area (Å²) in [7, 11) is 3.19. The van der Waals surface area contributed by atoms with Crippen molar-refractivity contribution in [1.29, 1.82) is 0 Å². The molecule has 2 aliphatic heterocycles. The van der Waals surface area contributed by atoms with Crippen LogP contribution in [0.1, 0.15) is 28.4 Å². The number of piperazine rings is 1. The van der Waals surface area contributed by atoms with Crippen LogP contribution in [-0.2, 0) is 22.4 Å². The molecule has 7 nitrogen and oxygen atoms in total. The van der Waals surface area contributed by atoms with Crippen molar-refractivity contribution >= 4 is 22.7 Å². The number of ether oxygens (including phenoxy) is 2. The third kappa shape index (κ3) is 3.97. The minimum absolute atomic E-state index is 0.0190. The second-order valence-corrected chi connectivity index (χ2v) is 9.73. The summed E-state index contributed by atoms with van der Waals surface area (Å²) in [5, 5.41) is 1.04. The van der Waals surface area contributed by atoms with E-state index >= 15 is 0 Å². The van der Waals surface area contributed by atoms with Gasteiger partial charge in [0.05, 0.1) is 20.8 Å². The van der Waals surface area contributed by atoms with E-state index in [1.807, 2.05) is 42.5 Å². The zero-order valence-corrected chi connectivity index (χ0v) is 21.2. The molecule has 194 valence electrons. The largest absolute Gasteiger partial charge is 0.497 e. The van der Waals surface area contributed by atoms with Crippen LogP contribution >= 0.6 is 0 Å². The van der Waals surface area contributed by atoms with E-state index in [0.29, 0.717) is 30.9 Å².